The molecule has 0 amide bonds. The van der Waals surface area contributed by atoms with E-state index in [1.54, 1.807) is 17.9 Å². The van der Waals surface area contributed by atoms with Crippen molar-refractivity contribution in [2.24, 2.45) is 7.05 Å². The van der Waals surface area contributed by atoms with Crippen molar-refractivity contribution in [2.45, 2.75) is 0 Å². The van der Waals surface area contributed by atoms with Crippen molar-refractivity contribution < 1.29 is 4.74 Å². The first-order valence-electron chi connectivity index (χ1n) is 7.75. The van der Waals surface area contributed by atoms with Gasteiger partial charge >= 0.3 is 0 Å². The van der Waals surface area contributed by atoms with Crippen LogP contribution < -0.4 is 4.74 Å². The van der Waals surface area contributed by atoms with Crippen molar-refractivity contribution >= 4 is 22.6 Å². The third-order valence-corrected chi connectivity index (χ3v) is 4.22. The van der Waals surface area contributed by atoms with Crippen LogP contribution in [0.4, 0.5) is 0 Å². The summed E-state index contributed by atoms with van der Waals surface area (Å²) in [5.74, 6) is 0.812. The molecule has 0 fully saturated rings. The fraction of sp³-hybridized carbons (Fsp3) is 0.105. The van der Waals surface area contributed by atoms with Gasteiger partial charge in [-0.15, -0.1) is 0 Å². The summed E-state index contributed by atoms with van der Waals surface area (Å²) in [6.45, 7) is 0. The number of aryl methyl sites for hydroxylation is 1. The summed E-state index contributed by atoms with van der Waals surface area (Å²) in [5, 5.41) is 5.06. The molecule has 0 saturated carbocycles. The van der Waals surface area contributed by atoms with Gasteiger partial charge in [-0.1, -0.05) is 11.6 Å². The summed E-state index contributed by atoms with van der Waals surface area (Å²) in [6, 6.07) is 13.4. The Hall–Kier alpha value is -2.92. The van der Waals surface area contributed by atoms with Gasteiger partial charge in [0.2, 0.25) is 0 Å². The maximum absolute atomic E-state index is 6.01. The first-order valence-corrected chi connectivity index (χ1v) is 8.12. The minimum atomic E-state index is 0.452. The molecule has 25 heavy (non-hydrogen) atoms. The molecule has 0 atom stereocenters. The Balaban J connectivity index is 1.85. The van der Waals surface area contributed by atoms with Crippen LogP contribution in [0, 0.1) is 0 Å². The number of aromatic nitrogens is 4. The van der Waals surface area contributed by atoms with E-state index in [2.05, 4.69) is 15.1 Å². The molecule has 124 valence electrons. The number of halogens is 1. The highest BCUT2D eigenvalue weighted by Crippen LogP contribution is 2.32. The van der Waals surface area contributed by atoms with Gasteiger partial charge in [-0.05, 0) is 42.5 Å². The van der Waals surface area contributed by atoms with Gasteiger partial charge in [-0.2, -0.15) is 5.10 Å². The van der Waals surface area contributed by atoms with E-state index in [9.17, 15) is 0 Å². The summed E-state index contributed by atoms with van der Waals surface area (Å²) >= 11 is 6.01. The first-order chi connectivity index (χ1) is 12.1. The maximum Gasteiger partial charge on any atom is 0.129 e. The largest absolute Gasteiger partial charge is 0.497 e. The van der Waals surface area contributed by atoms with Gasteiger partial charge in [0.1, 0.15) is 16.6 Å². The molecule has 5 nitrogen and oxygen atoms in total. The van der Waals surface area contributed by atoms with E-state index >= 15 is 0 Å². The predicted octanol–water partition coefficient (Wildman–Crippen LogP) is 4.36. The summed E-state index contributed by atoms with van der Waals surface area (Å²) in [6.07, 6.45) is 3.81. The van der Waals surface area contributed by atoms with E-state index in [0.717, 1.165) is 39.2 Å². The van der Waals surface area contributed by atoms with Crippen LogP contribution in [0.5, 0.6) is 5.75 Å². The molecule has 0 N–H and O–H groups in total. The highest BCUT2D eigenvalue weighted by atomic mass is 35.5. The number of pyridine rings is 2. The molecule has 0 aliphatic rings. The second-order valence-electron chi connectivity index (χ2n) is 5.69. The Kier molecular flexibility index (Phi) is 3.86. The third kappa shape index (κ3) is 2.94. The third-order valence-electron chi connectivity index (χ3n) is 4.01. The average molecular weight is 351 g/mol. The van der Waals surface area contributed by atoms with Crippen LogP contribution in [-0.4, -0.2) is 26.9 Å². The molecule has 0 unspecified atom stereocenters. The fourth-order valence-electron chi connectivity index (χ4n) is 2.79. The van der Waals surface area contributed by atoms with Crippen LogP contribution in [0.15, 0.2) is 54.9 Å². The molecule has 0 saturated heterocycles. The standard InChI is InChI=1S/C19H15ClN4O/c1-24-11-15(19(23-24)12-3-5-14(25-2)6-4-12)13-9-17-16(21-10-13)7-8-18(20)22-17/h3-11H,1-2H3. The Morgan fingerprint density at radius 3 is 2.56 bits per heavy atom. The van der Waals surface area contributed by atoms with Crippen LogP contribution in [0.1, 0.15) is 0 Å². The van der Waals surface area contributed by atoms with Gasteiger partial charge in [-0.3, -0.25) is 9.67 Å². The van der Waals surface area contributed by atoms with E-state index < -0.39 is 0 Å². The van der Waals surface area contributed by atoms with E-state index in [-0.39, 0.29) is 0 Å². The van der Waals surface area contributed by atoms with Crippen molar-refractivity contribution in [3.05, 3.63) is 60.0 Å². The molecule has 3 heterocycles. The smallest absolute Gasteiger partial charge is 0.129 e. The number of rotatable bonds is 3. The number of hydrogen-bond acceptors (Lipinski definition) is 4. The molecule has 6 heteroatoms. The number of hydrogen-bond donors (Lipinski definition) is 0. The maximum atomic E-state index is 6.01. The molecule has 0 radical (unpaired) electrons. The molecule has 0 bridgehead atoms. The normalized spacial score (nSPS) is 11.0. The van der Waals surface area contributed by atoms with Gasteiger partial charge in [0.15, 0.2) is 0 Å². The lowest BCUT2D eigenvalue weighted by molar-refractivity contribution is 0.415. The Bertz CT molecular complexity index is 1060. The fourth-order valence-corrected chi connectivity index (χ4v) is 2.94. The number of methoxy groups -OCH3 is 1. The monoisotopic (exact) mass is 350 g/mol. The lowest BCUT2D eigenvalue weighted by atomic mass is 10.0. The zero-order valence-electron chi connectivity index (χ0n) is 13.8. The van der Waals surface area contributed by atoms with Gasteiger partial charge < -0.3 is 4.74 Å². The zero-order valence-corrected chi connectivity index (χ0v) is 14.5. The lowest BCUT2D eigenvalue weighted by Gasteiger charge is -2.05. The summed E-state index contributed by atoms with van der Waals surface area (Å²) in [4.78, 5) is 8.84. The van der Waals surface area contributed by atoms with Gasteiger partial charge in [0.05, 0.1) is 18.1 Å². The predicted molar refractivity (Wildman–Crippen MR) is 98.7 cm³/mol. The topological polar surface area (TPSA) is 52.8 Å². The highest BCUT2D eigenvalue weighted by molar-refractivity contribution is 6.29. The van der Waals surface area contributed by atoms with Crippen LogP contribution >= 0.6 is 11.6 Å². The second kappa shape index (κ2) is 6.18. The summed E-state index contributed by atoms with van der Waals surface area (Å²) < 4.78 is 7.02. The zero-order chi connectivity index (χ0) is 17.4. The molecular weight excluding hydrogens is 336 g/mol. The molecule has 4 aromatic rings. The van der Waals surface area contributed by atoms with Gasteiger partial charge in [0.25, 0.3) is 0 Å². The Morgan fingerprint density at radius 2 is 1.80 bits per heavy atom. The SMILES string of the molecule is COc1ccc(-c2nn(C)cc2-c2cnc3ccc(Cl)nc3c2)cc1. The van der Waals surface area contributed by atoms with E-state index in [1.807, 2.05) is 55.8 Å². The molecule has 3 aromatic heterocycles. The summed E-state index contributed by atoms with van der Waals surface area (Å²) in [5.41, 5.74) is 5.39. The quantitative estimate of drug-likeness (QED) is 0.515. The molecule has 0 spiro atoms. The highest BCUT2D eigenvalue weighted by Gasteiger charge is 2.13. The van der Waals surface area contributed by atoms with Crippen molar-refractivity contribution in [2.75, 3.05) is 7.11 Å². The minimum Gasteiger partial charge on any atom is -0.497 e. The summed E-state index contributed by atoms with van der Waals surface area (Å²) in [7, 11) is 3.56. The number of benzene rings is 1. The number of nitrogens with zero attached hydrogens (tertiary/aromatic N) is 4. The Labute approximate surface area is 149 Å². The minimum absolute atomic E-state index is 0.452. The van der Waals surface area contributed by atoms with Crippen molar-refractivity contribution in [1.82, 2.24) is 19.7 Å². The molecular formula is C19H15ClN4O. The van der Waals surface area contributed by atoms with Crippen LogP contribution in [-0.2, 0) is 7.05 Å². The number of ether oxygens (including phenoxy) is 1. The molecule has 0 aliphatic heterocycles. The van der Waals surface area contributed by atoms with E-state index in [1.165, 1.54) is 0 Å². The van der Waals surface area contributed by atoms with Crippen molar-refractivity contribution in [3.63, 3.8) is 0 Å². The van der Waals surface area contributed by atoms with Gasteiger partial charge in [-0.25, -0.2) is 4.98 Å². The first kappa shape index (κ1) is 15.6. The van der Waals surface area contributed by atoms with Crippen LogP contribution in [0.25, 0.3) is 33.4 Å². The molecule has 4 rings (SSSR count). The van der Waals surface area contributed by atoms with E-state index in [4.69, 9.17) is 16.3 Å². The van der Waals surface area contributed by atoms with Crippen LogP contribution in [0.3, 0.4) is 0 Å². The number of fused-ring (bicyclic) bond motifs is 1. The Morgan fingerprint density at radius 1 is 1.00 bits per heavy atom. The average Bonchev–Trinajstić information content (AvgIpc) is 3.03. The van der Waals surface area contributed by atoms with Crippen molar-refractivity contribution in [1.29, 1.82) is 0 Å². The second-order valence-corrected chi connectivity index (χ2v) is 6.08. The molecule has 1 aromatic carbocycles. The lowest BCUT2D eigenvalue weighted by Crippen LogP contribution is -1.89. The van der Waals surface area contributed by atoms with Crippen molar-refractivity contribution in [3.8, 4) is 28.1 Å². The van der Waals surface area contributed by atoms with Gasteiger partial charge in [0, 0.05) is 36.1 Å². The molecule has 0 aliphatic carbocycles. The van der Waals surface area contributed by atoms with Crippen LogP contribution in [0.2, 0.25) is 5.15 Å². The van der Waals surface area contributed by atoms with E-state index in [0.29, 0.717) is 5.15 Å².